The maximum absolute atomic E-state index is 13.6. The summed E-state index contributed by atoms with van der Waals surface area (Å²) in [4.78, 5) is 50.0. The number of carbonyl (C=O) groups excluding carboxylic acids is 3. The van der Waals surface area contributed by atoms with E-state index in [0.29, 0.717) is 46.6 Å². The molecule has 0 amide bonds. The zero-order chi connectivity index (χ0) is 36.8. The Labute approximate surface area is 301 Å². The van der Waals surface area contributed by atoms with Gasteiger partial charge in [0.25, 0.3) is 0 Å². The van der Waals surface area contributed by atoms with Gasteiger partial charge < -0.3 is 34.6 Å². The highest BCUT2D eigenvalue weighted by Gasteiger charge is 2.26. The summed E-state index contributed by atoms with van der Waals surface area (Å²) in [6, 6.07) is 15.3. The number of ketones is 1. The second-order valence-corrected chi connectivity index (χ2v) is 15.1. The number of nitrogen functional groups attached to an aromatic ring is 1. The smallest absolute Gasteiger partial charge is 0.356 e. The topological polar surface area (TPSA) is 201 Å². The molecule has 2 aromatic heterocycles. The molecule has 0 radical (unpaired) electrons. The number of nitrogens with two attached hydrogens (primary N) is 2. The van der Waals surface area contributed by atoms with E-state index in [1.165, 1.54) is 6.33 Å². The minimum Gasteiger partial charge on any atom is -0.465 e. The third kappa shape index (κ3) is 11.8. The molecule has 274 valence electrons. The van der Waals surface area contributed by atoms with E-state index in [2.05, 4.69) is 15.0 Å². The average molecular weight is 741 g/mol. The SMILES string of the molecule is CC(C(=O)OCCCOP(=O)(COCCn1cnc2c(N)ncnc21)OCCCSC(=O)[C@@H](N)C(C)C)c1ccc(C(=O)c2ccccc2)cc1. The lowest BCUT2D eigenvalue weighted by Crippen LogP contribution is -2.33. The van der Waals surface area contributed by atoms with Gasteiger partial charge in [-0.1, -0.05) is 80.2 Å². The van der Waals surface area contributed by atoms with Crippen molar-refractivity contribution in [3.05, 3.63) is 83.9 Å². The molecule has 16 heteroatoms. The number of esters is 1. The number of hydrogen-bond donors (Lipinski definition) is 2. The largest absolute Gasteiger partial charge is 0.465 e. The van der Waals surface area contributed by atoms with Crippen LogP contribution in [-0.4, -0.2) is 81.0 Å². The molecule has 2 aromatic carbocycles. The molecule has 0 spiro atoms. The first-order chi connectivity index (χ1) is 24.5. The molecule has 0 aliphatic heterocycles. The van der Waals surface area contributed by atoms with Crippen molar-refractivity contribution in [1.29, 1.82) is 0 Å². The van der Waals surface area contributed by atoms with Crippen LogP contribution in [0.4, 0.5) is 5.82 Å². The molecule has 2 heterocycles. The fourth-order valence-electron chi connectivity index (χ4n) is 4.69. The van der Waals surface area contributed by atoms with Gasteiger partial charge in [0.1, 0.15) is 18.2 Å². The Morgan fingerprint density at radius 3 is 2.27 bits per heavy atom. The minimum absolute atomic E-state index is 0.0164. The van der Waals surface area contributed by atoms with Crippen molar-refractivity contribution >= 4 is 53.2 Å². The molecule has 0 saturated heterocycles. The second kappa shape index (κ2) is 19.6. The Hall–Kier alpha value is -3.98. The van der Waals surface area contributed by atoms with Gasteiger partial charge in [-0.15, -0.1) is 0 Å². The molecule has 2 unspecified atom stereocenters. The number of thioether (sulfide) groups is 1. The molecule has 0 bridgehead atoms. The molecular weight excluding hydrogens is 695 g/mol. The van der Waals surface area contributed by atoms with Gasteiger partial charge in [0, 0.05) is 29.8 Å². The Morgan fingerprint density at radius 2 is 1.57 bits per heavy atom. The van der Waals surface area contributed by atoms with Gasteiger partial charge >= 0.3 is 13.6 Å². The van der Waals surface area contributed by atoms with Gasteiger partial charge in [-0.05, 0) is 24.8 Å². The Bertz CT molecular complexity index is 1790. The second-order valence-electron chi connectivity index (χ2n) is 12.0. The lowest BCUT2D eigenvalue weighted by atomic mass is 9.97. The van der Waals surface area contributed by atoms with E-state index in [4.69, 9.17) is 30.0 Å². The lowest BCUT2D eigenvalue weighted by Gasteiger charge is -2.19. The van der Waals surface area contributed by atoms with E-state index in [-0.39, 0.29) is 61.8 Å². The number of benzene rings is 2. The zero-order valence-corrected chi connectivity index (χ0v) is 30.7. The number of aromatic nitrogens is 4. The van der Waals surface area contributed by atoms with Crippen LogP contribution in [0.2, 0.25) is 0 Å². The van der Waals surface area contributed by atoms with E-state index >= 15 is 0 Å². The number of fused-ring (bicyclic) bond motifs is 1. The molecule has 0 saturated carbocycles. The summed E-state index contributed by atoms with van der Waals surface area (Å²) in [5, 5.41) is -0.106. The third-order valence-electron chi connectivity index (χ3n) is 7.85. The van der Waals surface area contributed by atoms with Crippen LogP contribution in [-0.2, 0) is 39.2 Å². The summed E-state index contributed by atoms with van der Waals surface area (Å²) in [6.45, 7) is 6.08. The number of carbonyl (C=O) groups is 3. The monoisotopic (exact) mass is 740 g/mol. The summed E-state index contributed by atoms with van der Waals surface area (Å²) in [7, 11) is -3.73. The standard InChI is InChI=1S/C35H45N6O8PS/c1-24(2)29(36)35(44)51-20-8-18-49-50(45,23-46-19-15-41-22-40-30-32(37)38-21-39-33(30)41)48-17-7-16-47-34(43)25(3)26-11-13-28(14-12-26)31(42)27-9-5-4-6-10-27/h4-6,9-14,21-22,24-25,29H,7-8,15-20,23,36H2,1-3H3,(H2,37,38,39)/t25?,29-,50?/m0/s1. The fraction of sp³-hybridized carbons (Fsp3) is 0.429. The average Bonchev–Trinajstić information content (AvgIpc) is 3.56. The van der Waals surface area contributed by atoms with Crippen LogP contribution < -0.4 is 11.5 Å². The van der Waals surface area contributed by atoms with E-state index in [1.54, 1.807) is 66.3 Å². The molecule has 0 fully saturated rings. The van der Waals surface area contributed by atoms with Gasteiger partial charge in [0.15, 0.2) is 17.2 Å². The van der Waals surface area contributed by atoms with E-state index in [0.717, 1.165) is 11.8 Å². The number of imidazole rings is 1. The van der Waals surface area contributed by atoms with Gasteiger partial charge in [-0.25, -0.2) is 15.0 Å². The van der Waals surface area contributed by atoms with Crippen LogP contribution in [0.1, 0.15) is 61.0 Å². The number of anilines is 1. The highest BCUT2D eigenvalue weighted by molar-refractivity contribution is 8.13. The quantitative estimate of drug-likeness (QED) is 0.0488. The molecule has 14 nitrogen and oxygen atoms in total. The minimum atomic E-state index is -3.73. The molecule has 4 rings (SSSR count). The summed E-state index contributed by atoms with van der Waals surface area (Å²) in [6.07, 6.45) is 3.30. The summed E-state index contributed by atoms with van der Waals surface area (Å²) in [5.74, 6) is -0.365. The van der Waals surface area contributed by atoms with Gasteiger partial charge in [-0.2, -0.15) is 0 Å². The molecule has 4 N–H and O–H groups in total. The van der Waals surface area contributed by atoms with Crippen LogP contribution in [0.5, 0.6) is 0 Å². The Morgan fingerprint density at radius 1 is 0.882 bits per heavy atom. The van der Waals surface area contributed by atoms with Crippen LogP contribution in [0.25, 0.3) is 11.2 Å². The van der Waals surface area contributed by atoms with Crippen molar-refractivity contribution < 1.29 is 37.5 Å². The lowest BCUT2D eigenvalue weighted by molar-refractivity contribution is -0.145. The van der Waals surface area contributed by atoms with Crippen molar-refractivity contribution in [3.8, 4) is 0 Å². The highest BCUT2D eigenvalue weighted by Crippen LogP contribution is 2.48. The molecule has 4 aromatic rings. The molecular formula is C35H45N6O8PS. The molecule has 3 atom stereocenters. The molecule has 0 aliphatic carbocycles. The van der Waals surface area contributed by atoms with Gasteiger partial charge in [-0.3, -0.25) is 18.9 Å². The van der Waals surface area contributed by atoms with E-state index < -0.39 is 25.5 Å². The van der Waals surface area contributed by atoms with Crippen molar-refractivity contribution in [2.75, 3.05) is 44.3 Å². The first kappa shape index (κ1) is 39.8. The van der Waals surface area contributed by atoms with Gasteiger partial charge in [0.2, 0.25) is 5.12 Å². The van der Waals surface area contributed by atoms with Crippen molar-refractivity contribution in [2.45, 2.75) is 52.1 Å². The summed E-state index contributed by atoms with van der Waals surface area (Å²) >= 11 is 1.12. The van der Waals surface area contributed by atoms with Crippen molar-refractivity contribution in [1.82, 2.24) is 19.5 Å². The Balaban J connectivity index is 1.23. The van der Waals surface area contributed by atoms with Crippen LogP contribution in [0, 0.1) is 5.92 Å². The Kier molecular flexibility index (Phi) is 15.3. The van der Waals surface area contributed by atoms with Crippen LogP contribution in [0.15, 0.2) is 67.3 Å². The van der Waals surface area contributed by atoms with E-state index in [9.17, 15) is 18.9 Å². The predicted molar refractivity (Wildman–Crippen MR) is 195 cm³/mol. The molecule has 0 aliphatic rings. The summed E-state index contributed by atoms with van der Waals surface area (Å²) < 4.78 is 37.9. The number of nitrogens with zero attached hydrogens (tertiary/aromatic N) is 4. The number of rotatable bonds is 21. The van der Waals surface area contributed by atoms with Gasteiger partial charge in [0.05, 0.1) is 44.7 Å². The van der Waals surface area contributed by atoms with E-state index in [1.807, 2.05) is 19.9 Å². The van der Waals surface area contributed by atoms with Crippen molar-refractivity contribution in [3.63, 3.8) is 0 Å². The molecule has 51 heavy (non-hydrogen) atoms. The van der Waals surface area contributed by atoms with Crippen LogP contribution in [0.3, 0.4) is 0 Å². The number of ether oxygens (including phenoxy) is 2. The number of hydrogen-bond acceptors (Lipinski definition) is 14. The fourth-order valence-corrected chi connectivity index (χ4v) is 7.01. The predicted octanol–water partition coefficient (Wildman–Crippen LogP) is 5.21. The maximum Gasteiger partial charge on any atom is 0.356 e. The van der Waals surface area contributed by atoms with Crippen molar-refractivity contribution in [2.24, 2.45) is 11.7 Å². The third-order valence-corrected chi connectivity index (χ3v) is 10.6. The normalized spacial score (nSPS) is 13.9. The first-order valence-corrected chi connectivity index (χ1v) is 19.4. The summed E-state index contributed by atoms with van der Waals surface area (Å²) in [5.41, 5.74) is 14.6. The van der Waals surface area contributed by atoms with Crippen LogP contribution >= 0.6 is 19.4 Å². The maximum atomic E-state index is 13.6. The highest BCUT2D eigenvalue weighted by atomic mass is 32.2. The first-order valence-electron chi connectivity index (χ1n) is 16.6. The zero-order valence-electron chi connectivity index (χ0n) is 29.0.